The zero-order valence-electron chi connectivity index (χ0n) is 13.6. The van der Waals surface area contributed by atoms with E-state index in [1.165, 1.54) is 44.9 Å². The molecule has 1 aliphatic heterocycles. The van der Waals surface area contributed by atoms with E-state index in [0.717, 1.165) is 30.1 Å². The number of hydrogen-bond donors (Lipinski definition) is 1. The minimum Gasteiger partial charge on any atom is -0.393 e. The summed E-state index contributed by atoms with van der Waals surface area (Å²) in [6.07, 6.45) is 11.7. The molecular formula is C19H30O2. The minimum atomic E-state index is -0.0310. The van der Waals surface area contributed by atoms with Crippen LogP contribution in [0.3, 0.4) is 0 Å². The van der Waals surface area contributed by atoms with Crippen molar-refractivity contribution >= 4 is 0 Å². The first-order valence-corrected chi connectivity index (χ1v) is 9.36. The number of aliphatic hydroxyl groups is 1. The van der Waals surface area contributed by atoms with Crippen LogP contribution in [0, 0.1) is 34.5 Å². The summed E-state index contributed by atoms with van der Waals surface area (Å²) in [5, 5.41) is 10.5. The Morgan fingerprint density at radius 2 is 1.71 bits per heavy atom. The Hall–Kier alpha value is -0.0800. The molecule has 0 amide bonds. The van der Waals surface area contributed by atoms with Gasteiger partial charge in [-0.3, -0.25) is 0 Å². The van der Waals surface area contributed by atoms with Gasteiger partial charge in [0.25, 0.3) is 0 Å². The lowest BCUT2D eigenvalue weighted by Gasteiger charge is -2.59. The molecule has 5 aliphatic rings. The zero-order chi connectivity index (χ0) is 14.4. The van der Waals surface area contributed by atoms with Crippen LogP contribution in [0.5, 0.6) is 0 Å². The lowest BCUT2D eigenvalue weighted by Crippen LogP contribution is -2.54. The highest BCUT2D eigenvalue weighted by Gasteiger charge is 2.63. The van der Waals surface area contributed by atoms with E-state index in [1.54, 1.807) is 0 Å². The first kappa shape index (κ1) is 13.4. The predicted molar refractivity (Wildman–Crippen MR) is 81.8 cm³/mol. The maximum Gasteiger partial charge on any atom is 0.0847 e. The molecule has 5 fully saturated rings. The molecule has 1 N–H and O–H groups in total. The average molecular weight is 290 g/mol. The summed E-state index contributed by atoms with van der Waals surface area (Å²) in [5.41, 5.74) is 0.771. The van der Waals surface area contributed by atoms with Gasteiger partial charge < -0.3 is 9.84 Å². The summed E-state index contributed by atoms with van der Waals surface area (Å²) >= 11 is 0. The molecule has 1 saturated heterocycles. The number of ether oxygens (including phenoxy) is 1. The number of epoxide rings is 1. The first-order valence-electron chi connectivity index (χ1n) is 9.36. The van der Waals surface area contributed by atoms with Gasteiger partial charge in [-0.1, -0.05) is 13.8 Å². The van der Waals surface area contributed by atoms with Gasteiger partial charge in [0.15, 0.2) is 0 Å². The second-order valence-electron chi connectivity index (χ2n) is 9.45. The summed E-state index contributed by atoms with van der Waals surface area (Å²) in [6, 6.07) is 0. The van der Waals surface area contributed by atoms with Crippen molar-refractivity contribution in [2.24, 2.45) is 34.5 Å². The fourth-order valence-corrected chi connectivity index (χ4v) is 7.49. The fraction of sp³-hybridized carbons (Fsp3) is 1.00. The highest BCUT2D eigenvalue weighted by atomic mass is 16.6. The van der Waals surface area contributed by atoms with Gasteiger partial charge >= 0.3 is 0 Å². The van der Waals surface area contributed by atoms with E-state index in [2.05, 4.69) is 13.8 Å². The topological polar surface area (TPSA) is 32.8 Å². The lowest BCUT2D eigenvalue weighted by molar-refractivity contribution is -0.117. The van der Waals surface area contributed by atoms with Gasteiger partial charge in [-0.15, -0.1) is 0 Å². The third-order valence-electron chi connectivity index (χ3n) is 8.86. The van der Waals surface area contributed by atoms with Crippen molar-refractivity contribution in [3.05, 3.63) is 0 Å². The molecule has 0 unspecified atom stereocenters. The van der Waals surface area contributed by atoms with Crippen LogP contribution in [0.4, 0.5) is 0 Å². The van der Waals surface area contributed by atoms with Crippen molar-refractivity contribution in [1.82, 2.24) is 0 Å². The standard InChI is InChI=1S/C19H30O2/c1-18-8-7-14-12(13(18)5-6-17(18)20)4-3-11-9-15-16(21-15)10-19(11,14)2/h11-17,20H,3-10H2,1-2H3/t11-,12-,13-,14-,15+,16+,17-,18-,19-/m0/s1. The van der Waals surface area contributed by atoms with Crippen molar-refractivity contribution in [1.29, 1.82) is 0 Å². The molecule has 4 saturated carbocycles. The number of hydrogen-bond acceptors (Lipinski definition) is 2. The number of rotatable bonds is 0. The van der Waals surface area contributed by atoms with E-state index in [-0.39, 0.29) is 11.5 Å². The second-order valence-corrected chi connectivity index (χ2v) is 9.45. The summed E-state index contributed by atoms with van der Waals surface area (Å²) < 4.78 is 5.90. The van der Waals surface area contributed by atoms with E-state index >= 15 is 0 Å². The predicted octanol–water partition coefficient (Wildman–Crippen LogP) is 3.77. The maximum absolute atomic E-state index is 10.5. The van der Waals surface area contributed by atoms with Gasteiger partial charge in [-0.25, -0.2) is 0 Å². The summed E-state index contributed by atoms with van der Waals surface area (Å²) in [5.74, 6) is 3.50. The molecule has 21 heavy (non-hydrogen) atoms. The van der Waals surface area contributed by atoms with Crippen LogP contribution >= 0.6 is 0 Å². The Morgan fingerprint density at radius 1 is 0.905 bits per heavy atom. The molecule has 2 nitrogen and oxygen atoms in total. The van der Waals surface area contributed by atoms with Crippen LogP contribution < -0.4 is 0 Å². The van der Waals surface area contributed by atoms with Crippen molar-refractivity contribution < 1.29 is 9.84 Å². The molecule has 0 aromatic rings. The quantitative estimate of drug-likeness (QED) is 0.689. The van der Waals surface area contributed by atoms with Crippen LogP contribution in [-0.2, 0) is 4.74 Å². The molecule has 0 bridgehead atoms. The van der Waals surface area contributed by atoms with Crippen LogP contribution in [0.15, 0.2) is 0 Å². The van der Waals surface area contributed by atoms with Gasteiger partial charge in [0.05, 0.1) is 18.3 Å². The van der Waals surface area contributed by atoms with Gasteiger partial charge in [-0.05, 0) is 85.9 Å². The molecule has 5 rings (SSSR count). The van der Waals surface area contributed by atoms with Crippen molar-refractivity contribution in [3.63, 3.8) is 0 Å². The molecule has 1 heterocycles. The molecule has 0 radical (unpaired) electrons. The Kier molecular flexibility index (Phi) is 2.58. The third-order valence-corrected chi connectivity index (χ3v) is 8.86. The summed E-state index contributed by atoms with van der Waals surface area (Å²) in [6.45, 7) is 4.99. The Balaban J connectivity index is 1.47. The summed E-state index contributed by atoms with van der Waals surface area (Å²) in [7, 11) is 0. The summed E-state index contributed by atoms with van der Waals surface area (Å²) in [4.78, 5) is 0. The highest BCUT2D eigenvalue weighted by molar-refractivity contribution is 5.12. The van der Waals surface area contributed by atoms with Gasteiger partial charge in [0.2, 0.25) is 0 Å². The van der Waals surface area contributed by atoms with E-state index < -0.39 is 0 Å². The molecule has 9 atom stereocenters. The van der Waals surface area contributed by atoms with E-state index in [0.29, 0.717) is 17.6 Å². The van der Waals surface area contributed by atoms with Gasteiger partial charge in [-0.2, -0.15) is 0 Å². The molecule has 0 aromatic carbocycles. The van der Waals surface area contributed by atoms with Gasteiger partial charge in [0.1, 0.15) is 0 Å². The van der Waals surface area contributed by atoms with Crippen LogP contribution in [-0.4, -0.2) is 23.4 Å². The van der Waals surface area contributed by atoms with Crippen molar-refractivity contribution in [2.45, 2.75) is 83.5 Å². The fourth-order valence-electron chi connectivity index (χ4n) is 7.49. The average Bonchev–Trinajstić information content (AvgIpc) is 3.12. The monoisotopic (exact) mass is 290 g/mol. The molecule has 4 aliphatic carbocycles. The zero-order valence-corrected chi connectivity index (χ0v) is 13.6. The number of fused-ring (bicyclic) bond motifs is 6. The van der Waals surface area contributed by atoms with Gasteiger partial charge in [0, 0.05) is 0 Å². The Morgan fingerprint density at radius 3 is 2.57 bits per heavy atom. The molecule has 118 valence electrons. The second kappa shape index (κ2) is 4.06. The molecule has 0 aromatic heterocycles. The maximum atomic E-state index is 10.5. The SMILES string of the molecule is C[C@]12C[C@H]3O[C@@H]3C[C@@H]1CC[C@@H]1[C@@H]2CC[C@]2(C)[C@@H](O)CC[C@@H]12. The highest BCUT2D eigenvalue weighted by Crippen LogP contribution is 2.67. The van der Waals surface area contributed by atoms with Crippen LogP contribution in [0.1, 0.15) is 65.2 Å². The van der Waals surface area contributed by atoms with Crippen LogP contribution in [0.25, 0.3) is 0 Å². The number of aliphatic hydroxyl groups excluding tert-OH is 1. The van der Waals surface area contributed by atoms with E-state index in [1.807, 2.05) is 0 Å². The van der Waals surface area contributed by atoms with Crippen molar-refractivity contribution in [3.8, 4) is 0 Å². The first-order chi connectivity index (χ1) is 10.0. The van der Waals surface area contributed by atoms with E-state index in [4.69, 9.17) is 4.74 Å². The Bertz CT molecular complexity index is 462. The Labute approximate surface area is 128 Å². The van der Waals surface area contributed by atoms with E-state index in [9.17, 15) is 5.11 Å². The normalized spacial score (nSPS) is 65.0. The van der Waals surface area contributed by atoms with Crippen LogP contribution in [0.2, 0.25) is 0 Å². The third kappa shape index (κ3) is 1.62. The molecular weight excluding hydrogens is 260 g/mol. The lowest BCUT2D eigenvalue weighted by atomic mass is 9.45. The molecule has 2 heteroatoms. The van der Waals surface area contributed by atoms with Crippen molar-refractivity contribution in [2.75, 3.05) is 0 Å². The molecule has 0 spiro atoms. The minimum absolute atomic E-state index is 0.0310. The smallest absolute Gasteiger partial charge is 0.0847 e. The largest absolute Gasteiger partial charge is 0.393 e.